The van der Waals surface area contributed by atoms with E-state index in [4.69, 9.17) is 10.2 Å². The molecule has 0 aliphatic carbocycles. The number of primary sulfonamides is 1. The van der Waals surface area contributed by atoms with Gasteiger partial charge in [-0.05, 0) is 17.7 Å². The van der Waals surface area contributed by atoms with Gasteiger partial charge in [-0.25, -0.2) is 23.5 Å². The van der Waals surface area contributed by atoms with E-state index in [9.17, 15) is 13.2 Å². The van der Waals surface area contributed by atoms with Gasteiger partial charge in [0, 0.05) is 13.6 Å². The lowest BCUT2D eigenvalue weighted by molar-refractivity contribution is -0.133. The van der Waals surface area contributed by atoms with E-state index in [2.05, 4.69) is 20.4 Å². The Kier molecular flexibility index (Phi) is 5.30. The Morgan fingerprint density at radius 1 is 1.30 bits per heavy atom. The zero-order chi connectivity index (χ0) is 19.6. The number of aryl methyl sites for hydroxylation is 1. The normalized spacial score (nSPS) is 11.6. The number of nitrogens with two attached hydrogens (primary N) is 1. The van der Waals surface area contributed by atoms with Crippen LogP contribution in [0.4, 0.5) is 5.82 Å². The van der Waals surface area contributed by atoms with Crippen molar-refractivity contribution >= 4 is 44.6 Å². The lowest BCUT2D eigenvalue weighted by Gasteiger charge is -2.09. The van der Waals surface area contributed by atoms with Crippen LogP contribution in [0.2, 0.25) is 0 Å². The van der Waals surface area contributed by atoms with E-state index in [1.54, 1.807) is 30.1 Å². The number of benzene rings is 1. The molecule has 0 fully saturated rings. The topological polar surface area (TPSA) is 153 Å². The molecule has 0 aliphatic heterocycles. The van der Waals surface area contributed by atoms with Crippen LogP contribution in [-0.2, 0) is 28.4 Å². The third-order valence-corrected chi connectivity index (χ3v) is 5.37. The summed E-state index contributed by atoms with van der Waals surface area (Å²) in [6.07, 6.45) is 1.62. The molecule has 0 spiro atoms. The summed E-state index contributed by atoms with van der Waals surface area (Å²) < 4.78 is 24.2. The highest BCUT2D eigenvalue weighted by Gasteiger charge is 2.13. The quantitative estimate of drug-likeness (QED) is 0.380. The Bertz CT molecular complexity index is 1100. The van der Waals surface area contributed by atoms with Gasteiger partial charge in [-0.3, -0.25) is 9.48 Å². The second-order valence-electron chi connectivity index (χ2n) is 5.59. The number of hydrogen-bond donors (Lipinski definition) is 3. The first-order valence-corrected chi connectivity index (χ1v) is 10.2. The minimum atomic E-state index is -3.73. The average molecular weight is 408 g/mol. The van der Waals surface area contributed by atoms with Crippen molar-refractivity contribution in [2.24, 2.45) is 12.2 Å². The number of thioether (sulfide) groups is 1. The van der Waals surface area contributed by atoms with Crippen LogP contribution in [0, 0.1) is 0 Å². The number of rotatable bonds is 7. The first kappa shape index (κ1) is 19.1. The number of aromatic nitrogens is 4. The van der Waals surface area contributed by atoms with Crippen LogP contribution < -0.4 is 10.5 Å². The minimum Gasteiger partial charge on any atom is -0.481 e. The van der Waals surface area contributed by atoms with E-state index in [0.29, 0.717) is 28.6 Å². The Balaban J connectivity index is 1.84. The molecule has 2 heterocycles. The van der Waals surface area contributed by atoms with Crippen LogP contribution in [0.25, 0.3) is 11.0 Å². The molecule has 3 rings (SSSR count). The van der Waals surface area contributed by atoms with Gasteiger partial charge in [-0.15, -0.1) is 0 Å². The molecule has 10 nitrogen and oxygen atoms in total. The monoisotopic (exact) mass is 408 g/mol. The average Bonchev–Trinajstić information content (AvgIpc) is 2.99. The number of anilines is 1. The number of carboxylic acids is 1. The van der Waals surface area contributed by atoms with Crippen molar-refractivity contribution in [1.29, 1.82) is 0 Å². The fourth-order valence-corrected chi connectivity index (χ4v) is 3.39. The van der Waals surface area contributed by atoms with Crippen molar-refractivity contribution in [3.05, 3.63) is 36.0 Å². The number of nitrogens with zero attached hydrogens (tertiary/aromatic N) is 4. The zero-order valence-corrected chi connectivity index (χ0v) is 15.8. The number of carbonyl (C=O) groups is 1. The first-order chi connectivity index (χ1) is 12.7. The molecule has 0 radical (unpaired) electrons. The van der Waals surface area contributed by atoms with Gasteiger partial charge in [0.2, 0.25) is 10.0 Å². The summed E-state index contributed by atoms with van der Waals surface area (Å²) in [7, 11) is -2.00. The molecule has 1 aromatic carbocycles. The zero-order valence-electron chi connectivity index (χ0n) is 14.2. The lowest BCUT2D eigenvalue weighted by atomic mass is 10.2. The number of carboxylic acid groups (broad SMARTS) is 1. The smallest absolute Gasteiger partial charge is 0.313 e. The number of fused-ring (bicyclic) bond motifs is 1. The van der Waals surface area contributed by atoms with Crippen molar-refractivity contribution < 1.29 is 18.3 Å². The van der Waals surface area contributed by atoms with Gasteiger partial charge in [0.25, 0.3) is 0 Å². The highest BCUT2D eigenvalue weighted by molar-refractivity contribution is 7.99. The standard InChI is InChI=1S/C15H16N6O4S2/c1-21-14-11(7-18-21)13(19-15(20-14)26-8-12(22)23)17-6-9-2-4-10(5-3-9)27(16,24)25/h2-5,7H,6,8H2,1H3,(H,22,23)(H2,16,24,25)(H,17,19,20). The molecule has 12 heteroatoms. The predicted molar refractivity (Wildman–Crippen MR) is 99.8 cm³/mol. The van der Waals surface area contributed by atoms with Crippen LogP contribution >= 0.6 is 11.8 Å². The summed E-state index contributed by atoms with van der Waals surface area (Å²) in [5, 5.41) is 22.3. The van der Waals surface area contributed by atoms with E-state index in [0.717, 1.165) is 17.3 Å². The van der Waals surface area contributed by atoms with Gasteiger partial charge in [0.05, 0.1) is 22.2 Å². The number of sulfonamides is 1. The third kappa shape index (κ3) is 4.53. The maximum absolute atomic E-state index is 11.3. The van der Waals surface area contributed by atoms with Gasteiger partial charge in [0.15, 0.2) is 10.8 Å². The second kappa shape index (κ2) is 7.50. The van der Waals surface area contributed by atoms with Gasteiger partial charge < -0.3 is 10.4 Å². The number of aliphatic carboxylic acids is 1. The summed E-state index contributed by atoms with van der Waals surface area (Å²) in [6.45, 7) is 0.370. The van der Waals surface area contributed by atoms with E-state index >= 15 is 0 Å². The van der Waals surface area contributed by atoms with Gasteiger partial charge >= 0.3 is 5.97 Å². The molecule has 0 atom stereocenters. The molecule has 3 aromatic rings. The van der Waals surface area contributed by atoms with E-state index in [1.807, 2.05) is 0 Å². The molecule has 0 unspecified atom stereocenters. The Labute approximate surface area is 158 Å². The van der Waals surface area contributed by atoms with Crippen LogP contribution in [0.5, 0.6) is 0 Å². The largest absolute Gasteiger partial charge is 0.481 e. The van der Waals surface area contributed by atoms with E-state index < -0.39 is 16.0 Å². The molecule has 0 aliphatic rings. The van der Waals surface area contributed by atoms with Crippen LogP contribution in [0.3, 0.4) is 0 Å². The van der Waals surface area contributed by atoms with Crippen molar-refractivity contribution in [1.82, 2.24) is 19.7 Å². The molecule has 142 valence electrons. The van der Waals surface area contributed by atoms with E-state index in [1.165, 1.54) is 12.1 Å². The summed E-state index contributed by atoms with van der Waals surface area (Å²) in [4.78, 5) is 19.5. The Hall–Kier alpha value is -2.70. The molecule has 0 amide bonds. The molecular weight excluding hydrogens is 392 g/mol. The second-order valence-corrected chi connectivity index (χ2v) is 8.09. The highest BCUT2D eigenvalue weighted by Crippen LogP contribution is 2.24. The molecule has 27 heavy (non-hydrogen) atoms. The summed E-state index contributed by atoms with van der Waals surface area (Å²) >= 11 is 1.01. The van der Waals surface area contributed by atoms with Crippen molar-refractivity contribution in [2.75, 3.05) is 11.1 Å². The van der Waals surface area contributed by atoms with Gasteiger partial charge in [0.1, 0.15) is 5.82 Å². The van der Waals surface area contributed by atoms with Gasteiger partial charge in [-0.2, -0.15) is 5.10 Å². The fourth-order valence-electron chi connectivity index (χ4n) is 2.31. The highest BCUT2D eigenvalue weighted by atomic mass is 32.2. The van der Waals surface area contributed by atoms with Crippen molar-refractivity contribution in [3.63, 3.8) is 0 Å². The molecule has 2 aromatic heterocycles. The molecular formula is C15H16N6O4S2. The lowest BCUT2D eigenvalue weighted by Crippen LogP contribution is -2.12. The molecule has 0 saturated heterocycles. The van der Waals surface area contributed by atoms with Crippen molar-refractivity contribution in [3.8, 4) is 0 Å². The number of nitrogens with one attached hydrogen (secondary N) is 1. The predicted octanol–water partition coefficient (Wildman–Crippen LogP) is 0.800. The van der Waals surface area contributed by atoms with Crippen LogP contribution in [0.1, 0.15) is 5.56 Å². The Morgan fingerprint density at radius 2 is 2.00 bits per heavy atom. The maximum atomic E-state index is 11.3. The first-order valence-electron chi connectivity index (χ1n) is 7.64. The molecule has 4 N–H and O–H groups in total. The van der Waals surface area contributed by atoms with Crippen LogP contribution in [0.15, 0.2) is 40.5 Å². The van der Waals surface area contributed by atoms with Crippen LogP contribution in [-0.4, -0.2) is 45.0 Å². The summed E-state index contributed by atoms with van der Waals surface area (Å²) in [5.41, 5.74) is 1.39. The van der Waals surface area contributed by atoms with Crippen molar-refractivity contribution in [2.45, 2.75) is 16.6 Å². The number of hydrogen-bond acceptors (Lipinski definition) is 8. The third-order valence-electron chi connectivity index (χ3n) is 3.61. The fraction of sp³-hybridized carbons (Fsp3) is 0.200. The molecule has 0 saturated carbocycles. The summed E-state index contributed by atoms with van der Waals surface area (Å²) in [5.74, 6) is -0.604. The minimum absolute atomic E-state index is 0.0373. The summed E-state index contributed by atoms with van der Waals surface area (Å²) in [6, 6.07) is 6.16. The van der Waals surface area contributed by atoms with Gasteiger partial charge in [-0.1, -0.05) is 23.9 Å². The van der Waals surface area contributed by atoms with E-state index in [-0.39, 0.29) is 10.6 Å². The molecule has 0 bridgehead atoms. The maximum Gasteiger partial charge on any atom is 0.313 e. The SMILES string of the molecule is Cn1ncc2c(NCc3ccc(S(N)(=O)=O)cc3)nc(SCC(=O)O)nc21. The Morgan fingerprint density at radius 3 is 2.63 bits per heavy atom.